The van der Waals surface area contributed by atoms with Crippen LogP contribution in [0.2, 0.25) is 20.1 Å². The molecule has 0 bridgehead atoms. The summed E-state index contributed by atoms with van der Waals surface area (Å²) in [5, 5.41) is 4.30. The van der Waals surface area contributed by atoms with Crippen molar-refractivity contribution in [2.24, 2.45) is 0 Å². The van der Waals surface area contributed by atoms with Crippen molar-refractivity contribution in [1.29, 1.82) is 0 Å². The van der Waals surface area contributed by atoms with Gasteiger partial charge in [-0.1, -0.05) is 124 Å². The third-order valence-corrected chi connectivity index (χ3v) is 7.74. The number of aryl methyl sites for hydroxylation is 1. The summed E-state index contributed by atoms with van der Waals surface area (Å²) in [6.45, 7) is 1.84. The van der Waals surface area contributed by atoms with Crippen LogP contribution in [0.25, 0.3) is 49.8 Å². The number of aromatic nitrogens is 1. The topological polar surface area (TPSA) is 21.5 Å². The molecule has 0 aliphatic carbocycles. The van der Waals surface area contributed by atoms with Crippen molar-refractivity contribution in [3.63, 3.8) is 0 Å². The fourth-order valence-electron chi connectivity index (χ4n) is 5.03. The standard InChI is InChI=1S/C32H19Cl4NO.CHCl3/c1-18-16-27(19-2-8-22(33)9-3-19)31-26-15-14-25(36)17-28(26)29(20-4-10-23(34)11-5-20)30(37(31)32(18)38)21-6-12-24(35)13-7-21;2-1(3)4/h2-17H,1H3;1H. The second kappa shape index (κ2) is 13.1. The lowest BCUT2D eigenvalue weighted by Gasteiger charge is -2.22. The molecule has 0 aliphatic rings. The number of rotatable bonds is 3. The maximum absolute atomic E-state index is 14.0. The maximum atomic E-state index is 14.0. The molecule has 2 nitrogen and oxygen atoms in total. The molecule has 9 heteroatoms. The van der Waals surface area contributed by atoms with Gasteiger partial charge in [-0.05, 0) is 83.6 Å². The first-order chi connectivity index (χ1) is 20.0. The second-order valence-corrected chi connectivity index (χ2v) is 13.1. The van der Waals surface area contributed by atoms with Crippen LogP contribution in [0, 0.1) is 6.92 Å². The van der Waals surface area contributed by atoms with Gasteiger partial charge in [0.2, 0.25) is 0 Å². The minimum Gasteiger partial charge on any atom is -0.275 e. The van der Waals surface area contributed by atoms with E-state index in [0.717, 1.165) is 49.8 Å². The summed E-state index contributed by atoms with van der Waals surface area (Å²) < 4.78 is 1.07. The van der Waals surface area contributed by atoms with Gasteiger partial charge in [-0.25, -0.2) is 0 Å². The lowest BCUT2D eigenvalue weighted by Crippen LogP contribution is -2.20. The SMILES string of the molecule is Cc1cc(-c2ccc(Cl)cc2)c2c3ccc(Cl)cc3c(-c3ccc(Cl)cc3)c(-c3ccc(Cl)cc3)n2c1=O.ClC(Cl)Cl. The Morgan fingerprint density at radius 3 is 1.55 bits per heavy atom. The zero-order chi connectivity index (χ0) is 30.1. The van der Waals surface area contributed by atoms with Crippen LogP contribution in [0.1, 0.15) is 5.56 Å². The van der Waals surface area contributed by atoms with E-state index in [1.165, 1.54) is 0 Å². The molecule has 42 heavy (non-hydrogen) atoms. The van der Waals surface area contributed by atoms with Gasteiger partial charge in [-0.15, -0.1) is 0 Å². The molecule has 0 fully saturated rings. The second-order valence-electron chi connectivity index (χ2n) is 9.41. The Morgan fingerprint density at radius 1 is 0.571 bits per heavy atom. The summed E-state index contributed by atoms with van der Waals surface area (Å²) in [5.41, 5.74) is 6.57. The lowest BCUT2D eigenvalue weighted by atomic mass is 9.90. The fourth-order valence-corrected chi connectivity index (χ4v) is 5.58. The maximum Gasteiger partial charge on any atom is 0.258 e. The molecule has 6 rings (SSSR count). The predicted octanol–water partition coefficient (Wildman–Crippen LogP) is 12.4. The molecule has 0 N–H and O–H groups in total. The van der Waals surface area contributed by atoms with E-state index in [4.69, 9.17) is 81.2 Å². The molecular weight excluding hydrogens is 675 g/mol. The number of halogens is 7. The quantitative estimate of drug-likeness (QED) is 0.133. The number of benzene rings is 4. The van der Waals surface area contributed by atoms with Gasteiger partial charge in [-0.2, -0.15) is 0 Å². The van der Waals surface area contributed by atoms with Crippen LogP contribution in [-0.4, -0.2) is 8.70 Å². The van der Waals surface area contributed by atoms with Crippen LogP contribution in [0.15, 0.2) is 102 Å². The highest BCUT2D eigenvalue weighted by molar-refractivity contribution is 6.63. The van der Waals surface area contributed by atoms with Gasteiger partial charge in [0.15, 0.2) is 4.30 Å². The summed E-state index contributed by atoms with van der Waals surface area (Å²) in [5.74, 6) is 0. The Hall–Kier alpha value is -2.40. The van der Waals surface area contributed by atoms with E-state index < -0.39 is 4.30 Å². The number of fused-ring (bicyclic) bond motifs is 3. The van der Waals surface area contributed by atoms with Crippen LogP contribution < -0.4 is 5.56 Å². The highest BCUT2D eigenvalue weighted by Crippen LogP contribution is 2.43. The van der Waals surface area contributed by atoms with Crippen LogP contribution in [0.4, 0.5) is 0 Å². The number of hydrogen-bond donors (Lipinski definition) is 0. The summed E-state index contributed by atoms with van der Waals surface area (Å²) >= 11 is 39.7. The number of hydrogen-bond acceptors (Lipinski definition) is 1. The highest BCUT2D eigenvalue weighted by Gasteiger charge is 2.22. The van der Waals surface area contributed by atoms with Crippen molar-refractivity contribution in [3.8, 4) is 33.5 Å². The first kappa shape index (κ1) is 31.0. The Kier molecular flexibility index (Phi) is 9.66. The van der Waals surface area contributed by atoms with Crippen molar-refractivity contribution in [2.45, 2.75) is 11.2 Å². The summed E-state index contributed by atoms with van der Waals surface area (Å²) in [6, 6.07) is 30.5. The molecule has 0 saturated carbocycles. The Labute approximate surface area is 277 Å². The average Bonchev–Trinajstić information content (AvgIpc) is 2.95. The van der Waals surface area contributed by atoms with Crippen LogP contribution in [0.3, 0.4) is 0 Å². The average molecular weight is 695 g/mol. The molecule has 2 aromatic heterocycles. The van der Waals surface area contributed by atoms with Gasteiger partial charge < -0.3 is 0 Å². The van der Waals surface area contributed by atoms with Crippen molar-refractivity contribution < 1.29 is 0 Å². The molecule has 0 radical (unpaired) electrons. The Bertz CT molecular complexity index is 1960. The highest BCUT2D eigenvalue weighted by atomic mass is 35.6. The Morgan fingerprint density at radius 2 is 1.02 bits per heavy atom. The number of nitrogens with zero attached hydrogens (tertiary/aromatic N) is 1. The summed E-state index contributed by atoms with van der Waals surface area (Å²) in [4.78, 5) is 14.0. The van der Waals surface area contributed by atoms with E-state index in [2.05, 4.69) is 0 Å². The van der Waals surface area contributed by atoms with E-state index >= 15 is 0 Å². The molecule has 0 aliphatic heterocycles. The fraction of sp³-hybridized carbons (Fsp3) is 0.0606. The van der Waals surface area contributed by atoms with Gasteiger partial charge in [0, 0.05) is 42.2 Å². The molecule has 0 atom stereocenters. The van der Waals surface area contributed by atoms with Gasteiger partial charge in [0.05, 0.1) is 11.2 Å². The van der Waals surface area contributed by atoms with E-state index in [9.17, 15) is 4.79 Å². The zero-order valence-electron chi connectivity index (χ0n) is 21.8. The molecule has 0 unspecified atom stereocenters. The van der Waals surface area contributed by atoms with Crippen molar-refractivity contribution in [1.82, 2.24) is 4.40 Å². The molecule has 212 valence electrons. The monoisotopic (exact) mass is 691 g/mol. The minimum absolute atomic E-state index is 0.102. The summed E-state index contributed by atoms with van der Waals surface area (Å²) in [6.07, 6.45) is 0. The van der Waals surface area contributed by atoms with Crippen LogP contribution >= 0.6 is 81.2 Å². The number of pyridine rings is 2. The Balaban J connectivity index is 0.000000830. The van der Waals surface area contributed by atoms with Gasteiger partial charge in [0.1, 0.15) is 0 Å². The van der Waals surface area contributed by atoms with Crippen molar-refractivity contribution in [3.05, 3.63) is 133 Å². The van der Waals surface area contributed by atoms with Crippen LogP contribution in [0.5, 0.6) is 0 Å². The first-order valence-electron chi connectivity index (χ1n) is 12.6. The van der Waals surface area contributed by atoms with Gasteiger partial charge >= 0.3 is 0 Å². The van der Waals surface area contributed by atoms with Crippen molar-refractivity contribution in [2.75, 3.05) is 0 Å². The predicted molar refractivity (Wildman–Crippen MR) is 184 cm³/mol. The first-order valence-corrected chi connectivity index (χ1v) is 15.4. The normalized spacial score (nSPS) is 11.2. The molecule has 0 saturated heterocycles. The van der Waals surface area contributed by atoms with Crippen LogP contribution in [-0.2, 0) is 0 Å². The van der Waals surface area contributed by atoms with Gasteiger partial charge in [-0.3, -0.25) is 9.20 Å². The van der Waals surface area contributed by atoms with Gasteiger partial charge in [0.25, 0.3) is 5.56 Å². The molecule has 4 aromatic carbocycles. The molecule has 0 spiro atoms. The molecular formula is C33H20Cl7NO. The molecule has 0 amide bonds. The van der Waals surface area contributed by atoms with E-state index in [-0.39, 0.29) is 5.56 Å². The zero-order valence-corrected chi connectivity index (χ0v) is 27.1. The summed E-state index contributed by atoms with van der Waals surface area (Å²) in [7, 11) is 0. The number of alkyl halides is 3. The van der Waals surface area contributed by atoms with E-state index in [1.54, 1.807) is 0 Å². The van der Waals surface area contributed by atoms with E-state index in [1.807, 2.05) is 108 Å². The third-order valence-electron chi connectivity index (χ3n) is 6.75. The molecule has 6 aromatic rings. The van der Waals surface area contributed by atoms with E-state index in [0.29, 0.717) is 25.7 Å². The smallest absolute Gasteiger partial charge is 0.258 e. The minimum atomic E-state index is -0.750. The molecule has 2 heterocycles. The lowest BCUT2D eigenvalue weighted by molar-refractivity contribution is 1.08. The van der Waals surface area contributed by atoms with Crippen molar-refractivity contribution >= 4 is 97.5 Å². The third kappa shape index (κ3) is 6.42. The largest absolute Gasteiger partial charge is 0.275 e.